The van der Waals surface area contributed by atoms with Crippen LogP contribution in [0.25, 0.3) is 0 Å². The fourth-order valence-corrected chi connectivity index (χ4v) is 1.43. The lowest BCUT2D eigenvalue weighted by molar-refractivity contribution is 0.570. The molecule has 0 unspecified atom stereocenters. The summed E-state index contributed by atoms with van der Waals surface area (Å²) in [7, 11) is 0. The van der Waals surface area contributed by atoms with E-state index in [1.165, 1.54) is 0 Å². The molecule has 0 fully saturated rings. The van der Waals surface area contributed by atoms with Gasteiger partial charge in [-0.15, -0.1) is 0 Å². The maximum Gasteiger partial charge on any atom is 0.188 e. The highest BCUT2D eigenvalue weighted by atomic mass is 35.5. The summed E-state index contributed by atoms with van der Waals surface area (Å²) >= 11 is 14.3. The third-order valence-electron chi connectivity index (χ3n) is 2.43. The quantitative estimate of drug-likeness (QED) is 0.533. The van der Waals surface area contributed by atoms with Crippen molar-refractivity contribution in [2.24, 2.45) is 0 Å². The molecule has 138 valence electrons. The minimum absolute atomic E-state index is 0. The summed E-state index contributed by atoms with van der Waals surface area (Å²) in [6.45, 7) is 5.41. The van der Waals surface area contributed by atoms with Gasteiger partial charge >= 0.3 is 0 Å². The van der Waals surface area contributed by atoms with Crippen LogP contribution in [0.1, 0.15) is 39.3 Å². The molecule has 0 bridgehead atoms. The molecule has 2 N–H and O–H groups in total. The SMILES string of the molecule is C.C.C=C(Cl)CC.OC(=S)c1ccccc1.OC(=S)c1ccccc1. The molecule has 0 radical (unpaired) electrons. The first-order valence-electron chi connectivity index (χ1n) is 6.78. The van der Waals surface area contributed by atoms with Gasteiger partial charge in [0, 0.05) is 16.2 Å². The number of allylic oxidation sites excluding steroid dienone is 1. The summed E-state index contributed by atoms with van der Waals surface area (Å²) in [6.07, 6.45) is 0.877. The van der Waals surface area contributed by atoms with E-state index < -0.39 is 0 Å². The first kappa shape index (κ1) is 28.1. The number of hydrogen-bond acceptors (Lipinski definition) is 2. The van der Waals surface area contributed by atoms with Crippen molar-refractivity contribution in [1.82, 2.24) is 0 Å². The first-order chi connectivity index (χ1) is 10.9. The predicted molar refractivity (Wildman–Crippen MR) is 120 cm³/mol. The molecule has 0 amide bonds. The van der Waals surface area contributed by atoms with Crippen LogP contribution in [-0.2, 0) is 0 Å². The molecular weight excluding hydrogens is 372 g/mol. The molecule has 25 heavy (non-hydrogen) atoms. The Morgan fingerprint density at radius 3 is 1.20 bits per heavy atom. The van der Waals surface area contributed by atoms with E-state index in [1.807, 2.05) is 43.3 Å². The molecule has 2 aromatic carbocycles. The van der Waals surface area contributed by atoms with Crippen LogP contribution < -0.4 is 0 Å². The van der Waals surface area contributed by atoms with E-state index in [2.05, 4.69) is 31.0 Å². The minimum atomic E-state index is -0.0457. The average molecular weight is 399 g/mol. The van der Waals surface area contributed by atoms with Crippen LogP contribution in [0.2, 0.25) is 0 Å². The van der Waals surface area contributed by atoms with Crippen molar-refractivity contribution in [3.63, 3.8) is 0 Å². The number of halogens is 1. The summed E-state index contributed by atoms with van der Waals surface area (Å²) in [5.74, 6) is 0. The van der Waals surface area contributed by atoms with Crippen LogP contribution in [0.15, 0.2) is 72.3 Å². The van der Waals surface area contributed by atoms with Gasteiger partial charge < -0.3 is 10.2 Å². The summed E-state index contributed by atoms with van der Waals surface area (Å²) < 4.78 is 0. The largest absolute Gasteiger partial charge is 0.499 e. The van der Waals surface area contributed by atoms with Crippen molar-refractivity contribution in [1.29, 1.82) is 0 Å². The van der Waals surface area contributed by atoms with Gasteiger partial charge in [0.25, 0.3) is 0 Å². The van der Waals surface area contributed by atoms with Crippen molar-refractivity contribution in [2.45, 2.75) is 28.2 Å². The molecule has 0 heterocycles. The van der Waals surface area contributed by atoms with Gasteiger partial charge in [-0.3, -0.25) is 0 Å². The van der Waals surface area contributed by atoms with Gasteiger partial charge in [0.1, 0.15) is 0 Å². The Bertz CT molecular complexity index is 565. The molecule has 0 spiro atoms. The van der Waals surface area contributed by atoms with Crippen LogP contribution >= 0.6 is 36.0 Å². The molecule has 0 atom stereocenters. The number of aliphatic hydroxyl groups excluding tert-OH is 2. The van der Waals surface area contributed by atoms with E-state index in [4.69, 9.17) is 21.8 Å². The third-order valence-corrected chi connectivity index (χ3v) is 3.16. The van der Waals surface area contributed by atoms with Crippen LogP contribution in [0.3, 0.4) is 0 Å². The van der Waals surface area contributed by atoms with E-state index >= 15 is 0 Å². The lowest BCUT2D eigenvalue weighted by atomic mass is 10.2. The minimum Gasteiger partial charge on any atom is -0.499 e. The molecule has 0 aromatic heterocycles. The van der Waals surface area contributed by atoms with E-state index in [9.17, 15) is 0 Å². The van der Waals surface area contributed by atoms with Crippen molar-refractivity contribution < 1.29 is 10.2 Å². The van der Waals surface area contributed by atoms with Gasteiger partial charge in [0.2, 0.25) is 0 Å². The highest BCUT2D eigenvalue weighted by molar-refractivity contribution is 7.80. The third kappa shape index (κ3) is 15.5. The Morgan fingerprint density at radius 1 is 0.840 bits per heavy atom. The Balaban J connectivity index is -0.000000291. The van der Waals surface area contributed by atoms with Gasteiger partial charge in [0.15, 0.2) is 10.1 Å². The second-order valence-corrected chi connectivity index (χ2v) is 5.52. The second kappa shape index (κ2) is 17.1. The molecule has 5 heteroatoms. The lowest BCUT2D eigenvalue weighted by Gasteiger charge is -1.91. The second-order valence-electron chi connectivity index (χ2n) is 4.21. The van der Waals surface area contributed by atoms with E-state index in [0.717, 1.165) is 11.5 Å². The molecule has 0 aliphatic heterocycles. The molecular formula is C20H27ClO2S2. The Hall–Kier alpha value is -1.75. The summed E-state index contributed by atoms with van der Waals surface area (Å²) in [5, 5.41) is 18.1. The zero-order valence-corrected chi connectivity index (χ0v) is 15.2. The van der Waals surface area contributed by atoms with Crippen molar-refractivity contribution in [3.8, 4) is 0 Å². The smallest absolute Gasteiger partial charge is 0.188 e. The average Bonchev–Trinajstić information content (AvgIpc) is 2.57. The molecule has 2 aromatic rings. The maximum absolute atomic E-state index is 8.76. The highest BCUT2D eigenvalue weighted by Gasteiger charge is 1.92. The summed E-state index contributed by atoms with van der Waals surface area (Å²) in [4.78, 5) is 0. The fraction of sp³-hybridized carbons (Fsp3) is 0.200. The van der Waals surface area contributed by atoms with Crippen LogP contribution in [0.5, 0.6) is 0 Å². The maximum atomic E-state index is 8.76. The zero-order valence-electron chi connectivity index (χ0n) is 12.8. The molecule has 2 rings (SSSR count). The van der Waals surface area contributed by atoms with Gasteiger partial charge in [0.05, 0.1) is 0 Å². The molecule has 0 aliphatic carbocycles. The topological polar surface area (TPSA) is 40.5 Å². The van der Waals surface area contributed by atoms with Crippen LogP contribution in [-0.4, -0.2) is 20.3 Å². The number of thiocarbonyl (C=S) groups is 2. The monoisotopic (exact) mass is 398 g/mol. The number of aliphatic hydroxyl groups is 2. The van der Waals surface area contributed by atoms with E-state index in [0.29, 0.717) is 11.1 Å². The molecule has 0 saturated carbocycles. The predicted octanol–water partition coefficient (Wildman–Crippen LogP) is 7.26. The number of rotatable bonds is 3. The fourth-order valence-electron chi connectivity index (χ4n) is 1.16. The Labute approximate surface area is 167 Å². The van der Waals surface area contributed by atoms with Crippen LogP contribution in [0, 0.1) is 0 Å². The molecule has 2 nitrogen and oxygen atoms in total. The Kier molecular flexibility index (Phi) is 19.2. The first-order valence-corrected chi connectivity index (χ1v) is 7.97. The zero-order chi connectivity index (χ0) is 17.7. The van der Waals surface area contributed by atoms with Gasteiger partial charge in [-0.1, -0.05) is 101 Å². The van der Waals surface area contributed by atoms with Crippen molar-refractivity contribution in [2.75, 3.05) is 0 Å². The lowest BCUT2D eigenvalue weighted by Crippen LogP contribution is -1.91. The number of hydrogen-bond donors (Lipinski definition) is 2. The normalized spacial score (nSPS) is 7.92. The Morgan fingerprint density at radius 2 is 1.08 bits per heavy atom. The summed E-state index contributed by atoms with van der Waals surface area (Å²) in [6, 6.07) is 18.1. The highest BCUT2D eigenvalue weighted by Crippen LogP contribution is 1.99. The molecule has 0 aliphatic rings. The van der Waals surface area contributed by atoms with E-state index in [-0.39, 0.29) is 25.0 Å². The van der Waals surface area contributed by atoms with E-state index in [1.54, 1.807) is 24.3 Å². The number of benzene rings is 2. The summed E-state index contributed by atoms with van der Waals surface area (Å²) in [5.41, 5.74) is 1.40. The van der Waals surface area contributed by atoms with Crippen LogP contribution in [0.4, 0.5) is 0 Å². The van der Waals surface area contributed by atoms with Gasteiger partial charge in [-0.25, -0.2) is 0 Å². The van der Waals surface area contributed by atoms with Gasteiger partial charge in [-0.05, 0) is 30.9 Å². The molecule has 0 saturated heterocycles. The standard InChI is InChI=1S/2C7H6OS.C4H7Cl.2CH4/c2*8-7(9)6-4-2-1-3-5-6;1-3-4(2)5;;/h2*1-5H,(H,8,9);2-3H2,1H3;2*1H4. The van der Waals surface area contributed by atoms with Crippen molar-refractivity contribution >= 4 is 46.1 Å². The van der Waals surface area contributed by atoms with Crippen molar-refractivity contribution in [3.05, 3.63) is 83.4 Å². The van der Waals surface area contributed by atoms with Gasteiger partial charge in [-0.2, -0.15) is 0 Å².